The minimum atomic E-state index is -0.0791. The maximum atomic E-state index is 12.7. The zero-order chi connectivity index (χ0) is 18.5. The quantitative estimate of drug-likeness (QED) is 0.840. The summed E-state index contributed by atoms with van der Waals surface area (Å²) < 4.78 is 10.3. The average Bonchev–Trinajstić information content (AvgIpc) is 2.72. The summed E-state index contributed by atoms with van der Waals surface area (Å²) in [7, 11) is 3.06. The van der Waals surface area contributed by atoms with Crippen LogP contribution in [0.4, 0.5) is 0 Å². The number of nitrogens with zero attached hydrogens (tertiary/aromatic N) is 4. The monoisotopic (exact) mass is 352 g/mol. The lowest BCUT2D eigenvalue weighted by Gasteiger charge is -2.29. The van der Waals surface area contributed by atoms with E-state index in [1.165, 1.54) is 14.2 Å². The van der Waals surface area contributed by atoms with Crippen LogP contribution in [0.1, 0.15) is 23.2 Å². The number of hydrogen-bond acceptors (Lipinski definition) is 6. The minimum Gasteiger partial charge on any atom is -0.481 e. The Bertz CT molecular complexity index is 807. The molecule has 2 aromatic rings. The van der Waals surface area contributed by atoms with Crippen LogP contribution in [-0.4, -0.2) is 48.1 Å². The maximum absolute atomic E-state index is 12.7. The molecule has 1 saturated heterocycles. The van der Waals surface area contributed by atoms with Gasteiger partial charge < -0.3 is 14.4 Å². The van der Waals surface area contributed by atoms with Gasteiger partial charge in [-0.1, -0.05) is 12.1 Å². The molecule has 1 aromatic heterocycles. The maximum Gasteiger partial charge on any atom is 0.253 e. The summed E-state index contributed by atoms with van der Waals surface area (Å²) in [6.07, 6.45) is 1.72. The van der Waals surface area contributed by atoms with Crippen LogP contribution in [0, 0.1) is 17.2 Å². The van der Waals surface area contributed by atoms with E-state index < -0.39 is 0 Å². The number of methoxy groups -OCH3 is 2. The van der Waals surface area contributed by atoms with E-state index >= 15 is 0 Å². The van der Waals surface area contributed by atoms with Crippen molar-refractivity contribution in [1.82, 2.24) is 14.9 Å². The molecular weight excluding hydrogens is 332 g/mol. The molecule has 134 valence electrons. The summed E-state index contributed by atoms with van der Waals surface area (Å²) in [4.78, 5) is 23.0. The lowest BCUT2D eigenvalue weighted by molar-refractivity contribution is 0.0699. The van der Waals surface area contributed by atoms with Gasteiger partial charge in [-0.3, -0.25) is 4.79 Å². The molecule has 1 atom stereocenters. The fourth-order valence-electron chi connectivity index (χ4n) is 2.95. The first kappa shape index (κ1) is 17.7. The molecule has 0 unspecified atom stereocenters. The second kappa shape index (κ2) is 7.83. The molecule has 0 bridgehead atoms. The van der Waals surface area contributed by atoms with Crippen molar-refractivity contribution < 1.29 is 14.3 Å². The van der Waals surface area contributed by atoms with E-state index in [4.69, 9.17) is 14.7 Å². The fraction of sp³-hybridized carbons (Fsp3) is 0.368. The predicted octanol–water partition coefficient (Wildman–Crippen LogP) is 2.54. The minimum absolute atomic E-state index is 0.0550. The Morgan fingerprint density at radius 3 is 2.42 bits per heavy atom. The number of likely N-dealkylation sites (tertiary alicyclic amines) is 1. The molecule has 0 N–H and O–H groups in total. The summed E-state index contributed by atoms with van der Waals surface area (Å²) in [5.41, 5.74) is 1.34. The molecule has 0 radical (unpaired) electrons. The first-order chi connectivity index (χ1) is 12.6. The number of carbonyl (C=O) groups is 1. The number of aromatic nitrogens is 2. The molecule has 26 heavy (non-hydrogen) atoms. The number of carbonyl (C=O) groups excluding carboxylic acids is 1. The molecule has 1 aliphatic rings. The van der Waals surface area contributed by atoms with Gasteiger partial charge in [0.25, 0.3) is 5.91 Å². The van der Waals surface area contributed by atoms with E-state index in [9.17, 15) is 4.79 Å². The Morgan fingerprint density at radius 2 is 1.85 bits per heavy atom. The second-order valence-electron chi connectivity index (χ2n) is 6.07. The van der Waals surface area contributed by atoms with Gasteiger partial charge in [0.05, 0.1) is 32.3 Å². The highest BCUT2D eigenvalue weighted by molar-refractivity contribution is 5.94. The molecule has 7 heteroatoms. The van der Waals surface area contributed by atoms with Gasteiger partial charge in [0, 0.05) is 24.2 Å². The molecular formula is C19H20N4O3. The van der Waals surface area contributed by atoms with Crippen molar-refractivity contribution in [2.45, 2.75) is 12.8 Å². The van der Waals surface area contributed by atoms with E-state index in [0.717, 1.165) is 18.4 Å². The van der Waals surface area contributed by atoms with Crippen LogP contribution < -0.4 is 9.47 Å². The molecule has 1 aliphatic heterocycles. The van der Waals surface area contributed by atoms with Crippen molar-refractivity contribution in [1.29, 1.82) is 5.26 Å². The Labute approximate surface area is 152 Å². The predicted molar refractivity (Wildman–Crippen MR) is 94.8 cm³/mol. The van der Waals surface area contributed by atoms with Crippen LogP contribution in [0.3, 0.4) is 0 Å². The van der Waals surface area contributed by atoms with Crippen LogP contribution >= 0.6 is 0 Å². The van der Waals surface area contributed by atoms with Crippen LogP contribution in [0.25, 0.3) is 11.4 Å². The molecule has 2 heterocycles. The lowest BCUT2D eigenvalue weighted by atomic mass is 9.99. The Hall–Kier alpha value is -3.14. The number of rotatable bonds is 4. The molecule has 7 nitrogen and oxygen atoms in total. The van der Waals surface area contributed by atoms with Gasteiger partial charge in [-0.25, -0.2) is 0 Å². The molecule has 0 saturated carbocycles. The van der Waals surface area contributed by atoms with Crippen molar-refractivity contribution in [2.24, 2.45) is 5.92 Å². The molecule has 0 aliphatic carbocycles. The highest BCUT2D eigenvalue weighted by atomic mass is 16.5. The van der Waals surface area contributed by atoms with Crippen molar-refractivity contribution in [3.8, 4) is 29.2 Å². The molecule has 0 spiro atoms. The summed E-state index contributed by atoms with van der Waals surface area (Å²) in [5, 5.41) is 9.09. The molecule has 1 aromatic carbocycles. The van der Waals surface area contributed by atoms with Crippen molar-refractivity contribution >= 4 is 5.91 Å². The first-order valence-corrected chi connectivity index (χ1v) is 8.41. The average molecular weight is 352 g/mol. The van der Waals surface area contributed by atoms with E-state index in [0.29, 0.717) is 36.2 Å². The van der Waals surface area contributed by atoms with E-state index in [2.05, 4.69) is 16.0 Å². The number of hydrogen-bond donors (Lipinski definition) is 0. The van der Waals surface area contributed by atoms with Crippen LogP contribution in [0.2, 0.25) is 0 Å². The molecule has 1 amide bonds. The van der Waals surface area contributed by atoms with Gasteiger partial charge in [0.15, 0.2) is 5.82 Å². The number of amides is 1. The first-order valence-electron chi connectivity index (χ1n) is 8.41. The smallest absolute Gasteiger partial charge is 0.253 e. The van der Waals surface area contributed by atoms with Gasteiger partial charge in [0.1, 0.15) is 0 Å². The SMILES string of the molecule is COc1cc(OC)nc(-c2ccc(C(=O)N3CCC[C@H](C#N)C3)cc2)n1. The van der Waals surface area contributed by atoms with Gasteiger partial charge in [-0.15, -0.1) is 0 Å². The zero-order valence-corrected chi connectivity index (χ0v) is 14.8. The third-order valence-corrected chi connectivity index (χ3v) is 4.38. The molecule has 1 fully saturated rings. The lowest BCUT2D eigenvalue weighted by Crippen LogP contribution is -2.39. The highest BCUT2D eigenvalue weighted by Crippen LogP contribution is 2.24. The number of nitriles is 1. The van der Waals surface area contributed by atoms with E-state index in [-0.39, 0.29) is 11.8 Å². The summed E-state index contributed by atoms with van der Waals surface area (Å²) >= 11 is 0. The molecule has 3 rings (SSSR count). The van der Waals surface area contributed by atoms with Gasteiger partial charge in [-0.2, -0.15) is 15.2 Å². The summed E-state index contributed by atoms with van der Waals surface area (Å²) in [5.74, 6) is 1.14. The zero-order valence-electron chi connectivity index (χ0n) is 14.8. The number of benzene rings is 1. The van der Waals surface area contributed by atoms with Crippen LogP contribution in [0.5, 0.6) is 11.8 Å². The topological polar surface area (TPSA) is 88.3 Å². The van der Waals surface area contributed by atoms with Crippen LogP contribution in [0.15, 0.2) is 30.3 Å². The Kier molecular flexibility index (Phi) is 5.32. The van der Waals surface area contributed by atoms with Gasteiger partial charge in [0.2, 0.25) is 11.8 Å². The van der Waals surface area contributed by atoms with E-state index in [1.807, 2.05) is 0 Å². The highest BCUT2D eigenvalue weighted by Gasteiger charge is 2.24. The normalized spacial score (nSPS) is 16.7. The number of ether oxygens (including phenoxy) is 2. The van der Waals surface area contributed by atoms with Gasteiger partial charge in [-0.05, 0) is 25.0 Å². The van der Waals surface area contributed by atoms with Crippen molar-refractivity contribution in [2.75, 3.05) is 27.3 Å². The van der Waals surface area contributed by atoms with Gasteiger partial charge >= 0.3 is 0 Å². The van der Waals surface area contributed by atoms with Crippen molar-refractivity contribution in [3.63, 3.8) is 0 Å². The standard InChI is InChI=1S/C19H20N4O3/c1-25-16-10-17(26-2)22-18(21-16)14-5-7-15(8-6-14)19(24)23-9-3-4-13(11-20)12-23/h5-8,10,13H,3-4,9,12H2,1-2H3/t13-/m1/s1. The number of piperidine rings is 1. The third kappa shape index (κ3) is 3.75. The second-order valence-corrected chi connectivity index (χ2v) is 6.07. The van der Waals surface area contributed by atoms with E-state index in [1.54, 1.807) is 35.2 Å². The largest absolute Gasteiger partial charge is 0.481 e. The van der Waals surface area contributed by atoms with Crippen LogP contribution in [-0.2, 0) is 0 Å². The Balaban J connectivity index is 1.80. The summed E-state index contributed by atoms with van der Waals surface area (Å²) in [6.45, 7) is 1.18. The fourth-order valence-corrected chi connectivity index (χ4v) is 2.95. The summed E-state index contributed by atoms with van der Waals surface area (Å²) in [6, 6.07) is 11.0. The van der Waals surface area contributed by atoms with Crippen molar-refractivity contribution in [3.05, 3.63) is 35.9 Å². The Morgan fingerprint density at radius 1 is 1.19 bits per heavy atom. The third-order valence-electron chi connectivity index (χ3n) is 4.38.